The van der Waals surface area contributed by atoms with Crippen LogP contribution in [0.1, 0.15) is 25.0 Å². The lowest BCUT2D eigenvalue weighted by atomic mass is 10.0. The number of methoxy groups -OCH3 is 1. The van der Waals surface area contributed by atoms with Gasteiger partial charge < -0.3 is 19.5 Å². The zero-order valence-corrected chi connectivity index (χ0v) is 16.1. The SMILES string of the molecule is CCN(CC)CCOc1cc(/C=C(\C(=O)O)c2ccccc2)ccc1OC. The van der Waals surface area contributed by atoms with E-state index in [-0.39, 0.29) is 5.57 Å². The molecule has 5 nitrogen and oxygen atoms in total. The molecule has 1 N–H and O–H groups in total. The minimum Gasteiger partial charge on any atom is -0.493 e. The summed E-state index contributed by atoms with van der Waals surface area (Å²) >= 11 is 0. The summed E-state index contributed by atoms with van der Waals surface area (Å²) < 4.78 is 11.3. The van der Waals surface area contributed by atoms with Gasteiger partial charge in [0.15, 0.2) is 11.5 Å². The Morgan fingerprint density at radius 1 is 1.07 bits per heavy atom. The molecule has 144 valence electrons. The van der Waals surface area contributed by atoms with E-state index in [1.165, 1.54) is 0 Å². The highest BCUT2D eigenvalue weighted by Crippen LogP contribution is 2.30. The lowest BCUT2D eigenvalue weighted by Crippen LogP contribution is -2.27. The third kappa shape index (κ3) is 5.86. The number of likely N-dealkylation sites (N-methyl/N-ethyl adjacent to an activating group) is 1. The molecule has 0 aromatic heterocycles. The minimum absolute atomic E-state index is 0.231. The normalized spacial score (nSPS) is 11.5. The number of hydrogen-bond donors (Lipinski definition) is 1. The van der Waals surface area contributed by atoms with Crippen LogP contribution in [-0.4, -0.2) is 49.3 Å². The quantitative estimate of drug-likeness (QED) is 0.506. The van der Waals surface area contributed by atoms with E-state index in [4.69, 9.17) is 9.47 Å². The van der Waals surface area contributed by atoms with Gasteiger partial charge in [0.2, 0.25) is 0 Å². The summed E-state index contributed by atoms with van der Waals surface area (Å²) in [6.07, 6.45) is 1.65. The summed E-state index contributed by atoms with van der Waals surface area (Å²) in [7, 11) is 1.59. The largest absolute Gasteiger partial charge is 0.493 e. The minimum atomic E-state index is -0.971. The standard InChI is InChI=1S/C22H27NO4/c1-4-23(5-2)13-14-27-21-16-17(11-12-20(21)26-3)15-19(22(24)25)18-9-7-6-8-10-18/h6-12,15-16H,4-5,13-14H2,1-3H3,(H,24,25)/b19-15-. The van der Waals surface area contributed by atoms with Crippen molar-refractivity contribution in [3.8, 4) is 11.5 Å². The molecule has 5 heteroatoms. The average molecular weight is 369 g/mol. The first kappa shape index (κ1) is 20.5. The highest BCUT2D eigenvalue weighted by Gasteiger charge is 2.12. The summed E-state index contributed by atoms with van der Waals surface area (Å²) in [4.78, 5) is 14.0. The number of rotatable bonds is 10. The van der Waals surface area contributed by atoms with Gasteiger partial charge in [-0.25, -0.2) is 4.79 Å². The maximum atomic E-state index is 11.7. The van der Waals surface area contributed by atoms with E-state index in [0.29, 0.717) is 23.7 Å². The van der Waals surface area contributed by atoms with Gasteiger partial charge in [-0.15, -0.1) is 0 Å². The summed E-state index contributed by atoms with van der Waals surface area (Å²) in [6, 6.07) is 14.5. The van der Waals surface area contributed by atoms with Gasteiger partial charge in [-0.3, -0.25) is 0 Å². The molecule has 0 amide bonds. The number of carboxylic acid groups (broad SMARTS) is 1. The number of benzene rings is 2. The van der Waals surface area contributed by atoms with Gasteiger partial charge in [0.25, 0.3) is 0 Å². The Bertz CT molecular complexity index is 767. The molecule has 27 heavy (non-hydrogen) atoms. The van der Waals surface area contributed by atoms with Gasteiger partial charge in [-0.2, -0.15) is 0 Å². The van der Waals surface area contributed by atoms with Gasteiger partial charge in [-0.05, 0) is 42.4 Å². The first-order valence-electron chi connectivity index (χ1n) is 9.12. The number of carboxylic acids is 1. The lowest BCUT2D eigenvalue weighted by molar-refractivity contribution is -0.130. The van der Waals surface area contributed by atoms with Gasteiger partial charge in [0.1, 0.15) is 6.61 Å². The maximum absolute atomic E-state index is 11.7. The highest BCUT2D eigenvalue weighted by molar-refractivity contribution is 6.20. The molecule has 2 aromatic carbocycles. The number of ether oxygens (including phenoxy) is 2. The molecule has 0 heterocycles. The van der Waals surface area contributed by atoms with Crippen molar-refractivity contribution in [2.75, 3.05) is 33.4 Å². The number of aliphatic carboxylic acids is 1. The number of hydrogen-bond acceptors (Lipinski definition) is 4. The molecule has 0 saturated carbocycles. The Balaban J connectivity index is 2.25. The molecule has 0 bridgehead atoms. The van der Waals surface area contributed by atoms with E-state index in [0.717, 1.165) is 25.2 Å². The van der Waals surface area contributed by atoms with Gasteiger partial charge in [0, 0.05) is 6.54 Å². The topological polar surface area (TPSA) is 59.0 Å². The molecule has 0 aliphatic carbocycles. The molecule has 0 spiro atoms. The van der Waals surface area contributed by atoms with E-state index < -0.39 is 5.97 Å². The first-order valence-corrected chi connectivity index (χ1v) is 9.12. The lowest BCUT2D eigenvalue weighted by Gasteiger charge is -2.19. The smallest absolute Gasteiger partial charge is 0.336 e. The fraction of sp³-hybridized carbons (Fsp3) is 0.318. The molecule has 0 aliphatic heterocycles. The Hall–Kier alpha value is -2.79. The van der Waals surface area contributed by atoms with Crippen LogP contribution >= 0.6 is 0 Å². The van der Waals surface area contributed by atoms with Gasteiger partial charge in [0.05, 0.1) is 12.7 Å². The van der Waals surface area contributed by atoms with Crippen LogP contribution in [0, 0.1) is 0 Å². The van der Waals surface area contributed by atoms with E-state index >= 15 is 0 Å². The second kappa shape index (κ2) is 10.4. The van der Waals surface area contributed by atoms with E-state index in [9.17, 15) is 9.90 Å². The third-order valence-electron chi connectivity index (χ3n) is 4.37. The molecular formula is C22H27NO4. The van der Waals surface area contributed by atoms with E-state index in [2.05, 4.69) is 18.7 Å². The van der Waals surface area contributed by atoms with Crippen LogP contribution in [0.2, 0.25) is 0 Å². The van der Waals surface area contributed by atoms with Crippen molar-refractivity contribution in [1.82, 2.24) is 4.90 Å². The van der Waals surface area contributed by atoms with Crippen LogP contribution < -0.4 is 9.47 Å². The Labute approximate surface area is 160 Å². The van der Waals surface area contributed by atoms with Crippen LogP contribution in [0.5, 0.6) is 11.5 Å². The summed E-state index contributed by atoms with van der Waals surface area (Å²) in [5, 5.41) is 9.59. The zero-order chi connectivity index (χ0) is 19.6. The molecule has 0 aliphatic rings. The molecule has 0 atom stereocenters. The third-order valence-corrected chi connectivity index (χ3v) is 4.37. The predicted octanol–water partition coefficient (Wildman–Crippen LogP) is 4.04. The van der Waals surface area contributed by atoms with Crippen molar-refractivity contribution in [1.29, 1.82) is 0 Å². The van der Waals surface area contributed by atoms with Gasteiger partial charge in [-0.1, -0.05) is 50.2 Å². The molecule has 0 unspecified atom stereocenters. The molecule has 2 rings (SSSR count). The van der Waals surface area contributed by atoms with Crippen molar-refractivity contribution < 1.29 is 19.4 Å². The second-order valence-corrected chi connectivity index (χ2v) is 6.01. The Morgan fingerprint density at radius 3 is 2.37 bits per heavy atom. The predicted molar refractivity (Wildman–Crippen MR) is 108 cm³/mol. The molecule has 0 radical (unpaired) electrons. The van der Waals surface area contributed by atoms with Crippen LogP contribution in [0.25, 0.3) is 11.6 Å². The second-order valence-electron chi connectivity index (χ2n) is 6.01. The summed E-state index contributed by atoms with van der Waals surface area (Å²) in [5.74, 6) is 0.264. The van der Waals surface area contributed by atoms with E-state index in [1.54, 1.807) is 31.4 Å². The van der Waals surface area contributed by atoms with Crippen LogP contribution in [0.15, 0.2) is 48.5 Å². The average Bonchev–Trinajstić information content (AvgIpc) is 2.70. The maximum Gasteiger partial charge on any atom is 0.336 e. The first-order chi connectivity index (χ1) is 13.1. The number of nitrogens with zero attached hydrogens (tertiary/aromatic N) is 1. The van der Waals surface area contributed by atoms with Crippen molar-refractivity contribution in [3.05, 3.63) is 59.7 Å². The van der Waals surface area contributed by atoms with Crippen molar-refractivity contribution in [2.45, 2.75) is 13.8 Å². The zero-order valence-electron chi connectivity index (χ0n) is 16.1. The van der Waals surface area contributed by atoms with Crippen molar-refractivity contribution in [2.24, 2.45) is 0 Å². The molecule has 2 aromatic rings. The highest BCUT2D eigenvalue weighted by atomic mass is 16.5. The van der Waals surface area contributed by atoms with Crippen molar-refractivity contribution in [3.63, 3.8) is 0 Å². The van der Waals surface area contributed by atoms with Crippen molar-refractivity contribution >= 4 is 17.6 Å². The fourth-order valence-corrected chi connectivity index (χ4v) is 2.77. The monoisotopic (exact) mass is 369 g/mol. The molecular weight excluding hydrogens is 342 g/mol. The van der Waals surface area contributed by atoms with Gasteiger partial charge >= 0.3 is 5.97 Å². The summed E-state index contributed by atoms with van der Waals surface area (Å²) in [6.45, 7) is 7.53. The van der Waals surface area contributed by atoms with Crippen LogP contribution in [0.3, 0.4) is 0 Å². The number of carbonyl (C=O) groups is 1. The van der Waals surface area contributed by atoms with E-state index in [1.807, 2.05) is 30.3 Å². The molecule has 0 saturated heterocycles. The Kier molecular flexibility index (Phi) is 7.89. The Morgan fingerprint density at radius 2 is 1.78 bits per heavy atom. The van der Waals surface area contributed by atoms with Crippen LogP contribution in [-0.2, 0) is 4.79 Å². The molecule has 0 fully saturated rings. The fourth-order valence-electron chi connectivity index (χ4n) is 2.77. The van der Waals surface area contributed by atoms with Crippen LogP contribution in [0.4, 0.5) is 0 Å². The summed E-state index contributed by atoms with van der Waals surface area (Å²) in [5.41, 5.74) is 1.63.